The Morgan fingerprint density at radius 3 is 2.54 bits per heavy atom. The number of thiophene rings is 1. The SMILES string of the molecule is CC(C)c1ccc([C@@]2(C)NC(=O)N(Cc3csc(-c4ccsc4)n3)C2=O)cc1. The van der Waals surface area contributed by atoms with E-state index in [2.05, 4.69) is 24.1 Å². The molecule has 0 spiro atoms. The molecule has 1 saturated heterocycles. The van der Waals surface area contributed by atoms with Gasteiger partial charge in [-0.2, -0.15) is 11.3 Å². The van der Waals surface area contributed by atoms with E-state index in [9.17, 15) is 9.59 Å². The van der Waals surface area contributed by atoms with Crippen molar-refractivity contribution >= 4 is 34.6 Å². The fourth-order valence-corrected chi connectivity index (χ4v) is 4.82. The smallest absolute Gasteiger partial charge is 0.319 e. The molecule has 28 heavy (non-hydrogen) atoms. The van der Waals surface area contributed by atoms with Crippen LogP contribution in [0.15, 0.2) is 46.5 Å². The zero-order valence-electron chi connectivity index (χ0n) is 15.9. The van der Waals surface area contributed by atoms with Gasteiger partial charge in [-0.05, 0) is 35.4 Å². The molecule has 0 radical (unpaired) electrons. The third-order valence-electron chi connectivity index (χ3n) is 5.07. The quantitative estimate of drug-likeness (QED) is 0.604. The van der Waals surface area contributed by atoms with Gasteiger partial charge in [0, 0.05) is 16.3 Å². The number of amides is 3. The molecule has 0 bridgehead atoms. The molecule has 1 fully saturated rings. The lowest BCUT2D eigenvalue weighted by molar-refractivity contribution is -0.131. The van der Waals surface area contributed by atoms with Gasteiger partial charge in [0.1, 0.15) is 10.5 Å². The number of nitrogens with one attached hydrogen (secondary N) is 1. The summed E-state index contributed by atoms with van der Waals surface area (Å²) in [5.74, 6) is 0.161. The van der Waals surface area contributed by atoms with E-state index in [1.807, 2.05) is 46.5 Å². The second-order valence-electron chi connectivity index (χ2n) is 7.38. The summed E-state index contributed by atoms with van der Waals surface area (Å²) < 4.78 is 0. The first-order valence-corrected chi connectivity index (χ1v) is 10.9. The Morgan fingerprint density at radius 1 is 1.14 bits per heavy atom. The van der Waals surface area contributed by atoms with Crippen LogP contribution in [0.1, 0.15) is 43.5 Å². The van der Waals surface area contributed by atoms with Crippen molar-refractivity contribution in [3.8, 4) is 10.6 Å². The van der Waals surface area contributed by atoms with Crippen molar-refractivity contribution < 1.29 is 9.59 Å². The summed E-state index contributed by atoms with van der Waals surface area (Å²) in [7, 11) is 0. The van der Waals surface area contributed by atoms with Gasteiger partial charge in [-0.1, -0.05) is 38.1 Å². The molecule has 2 aromatic heterocycles. The largest absolute Gasteiger partial charge is 0.325 e. The van der Waals surface area contributed by atoms with Crippen LogP contribution in [0.25, 0.3) is 10.6 Å². The fourth-order valence-electron chi connectivity index (χ4n) is 3.30. The maximum atomic E-state index is 13.1. The molecule has 3 amide bonds. The second-order valence-corrected chi connectivity index (χ2v) is 9.02. The van der Waals surface area contributed by atoms with E-state index in [4.69, 9.17) is 0 Å². The second kappa shape index (κ2) is 7.14. The monoisotopic (exact) mass is 411 g/mol. The van der Waals surface area contributed by atoms with Crippen LogP contribution in [-0.2, 0) is 16.9 Å². The topological polar surface area (TPSA) is 62.3 Å². The molecule has 1 atom stereocenters. The Hall–Kier alpha value is -2.51. The highest BCUT2D eigenvalue weighted by atomic mass is 32.1. The molecule has 1 aliphatic heterocycles. The molecule has 4 rings (SSSR count). The normalized spacial score (nSPS) is 19.5. The summed E-state index contributed by atoms with van der Waals surface area (Å²) in [6.45, 7) is 6.18. The number of carbonyl (C=O) groups excluding carboxylic acids is 2. The molecule has 0 aliphatic carbocycles. The molecular formula is C21H21N3O2S2. The van der Waals surface area contributed by atoms with Crippen LogP contribution in [0.2, 0.25) is 0 Å². The Kier molecular flexibility index (Phi) is 4.81. The van der Waals surface area contributed by atoms with Crippen molar-refractivity contribution in [1.82, 2.24) is 15.2 Å². The number of carbonyl (C=O) groups is 2. The van der Waals surface area contributed by atoms with E-state index in [1.165, 1.54) is 21.8 Å². The van der Waals surface area contributed by atoms with Crippen molar-refractivity contribution in [3.05, 3.63) is 63.3 Å². The molecule has 1 N–H and O–H groups in total. The molecule has 0 saturated carbocycles. The van der Waals surface area contributed by atoms with Crippen LogP contribution >= 0.6 is 22.7 Å². The number of thiazole rings is 1. The minimum Gasteiger partial charge on any atom is -0.319 e. The van der Waals surface area contributed by atoms with E-state index < -0.39 is 5.54 Å². The lowest BCUT2D eigenvalue weighted by Gasteiger charge is -2.22. The number of hydrogen-bond donors (Lipinski definition) is 1. The van der Waals surface area contributed by atoms with E-state index in [0.29, 0.717) is 11.6 Å². The van der Waals surface area contributed by atoms with Crippen molar-refractivity contribution in [2.75, 3.05) is 0 Å². The Balaban J connectivity index is 1.55. The molecule has 3 aromatic rings. The van der Waals surface area contributed by atoms with E-state index in [-0.39, 0.29) is 18.5 Å². The van der Waals surface area contributed by atoms with Crippen LogP contribution in [0.4, 0.5) is 4.79 Å². The molecule has 5 nitrogen and oxygen atoms in total. The van der Waals surface area contributed by atoms with E-state index >= 15 is 0 Å². The lowest BCUT2D eigenvalue weighted by atomic mass is 9.90. The third kappa shape index (κ3) is 3.25. The van der Waals surface area contributed by atoms with E-state index in [0.717, 1.165) is 16.1 Å². The zero-order valence-corrected chi connectivity index (χ0v) is 17.6. The predicted molar refractivity (Wildman–Crippen MR) is 112 cm³/mol. The maximum Gasteiger partial charge on any atom is 0.325 e. The summed E-state index contributed by atoms with van der Waals surface area (Å²) in [5.41, 5.74) is 2.71. The standard InChI is InChI=1S/C21H21N3O2S2/c1-13(2)14-4-6-16(7-5-14)21(3)19(25)24(20(26)23-21)10-17-12-28-18(22-17)15-8-9-27-11-15/h4-9,11-13H,10H2,1-3H3,(H,23,26)/t21-/m1/s1. The van der Waals surface area contributed by atoms with Crippen molar-refractivity contribution in [3.63, 3.8) is 0 Å². The molecule has 7 heteroatoms. The van der Waals surface area contributed by atoms with Gasteiger partial charge < -0.3 is 5.32 Å². The van der Waals surface area contributed by atoms with Crippen LogP contribution in [0.3, 0.4) is 0 Å². The van der Waals surface area contributed by atoms with Crippen molar-refractivity contribution in [2.45, 2.75) is 38.8 Å². The minimum absolute atomic E-state index is 0.172. The molecule has 1 aliphatic rings. The maximum absolute atomic E-state index is 13.1. The highest BCUT2D eigenvalue weighted by Gasteiger charge is 2.49. The number of rotatable bonds is 5. The van der Waals surface area contributed by atoms with Gasteiger partial charge >= 0.3 is 6.03 Å². The average Bonchev–Trinajstić information content (AvgIpc) is 3.40. The number of aromatic nitrogens is 1. The molecule has 3 heterocycles. The molecule has 1 aromatic carbocycles. The lowest BCUT2D eigenvalue weighted by Crippen LogP contribution is -2.40. The van der Waals surface area contributed by atoms with E-state index in [1.54, 1.807) is 18.3 Å². The summed E-state index contributed by atoms with van der Waals surface area (Å²) in [5, 5.41) is 9.71. The Morgan fingerprint density at radius 2 is 1.89 bits per heavy atom. The van der Waals surface area contributed by atoms with Crippen LogP contribution in [0.5, 0.6) is 0 Å². The minimum atomic E-state index is -1.06. The number of nitrogens with zero attached hydrogens (tertiary/aromatic N) is 2. The van der Waals surface area contributed by atoms with Gasteiger partial charge in [-0.3, -0.25) is 9.69 Å². The fraction of sp³-hybridized carbons (Fsp3) is 0.286. The predicted octanol–water partition coefficient (Wildman–Crippen LogP) is 4.96. The van der Waals surface area contributed by atoms with Gasteiger partial charge in [-0.15, -0.1) is 11.3 Å². The first kappa shape index (κ1) is 18.8. The Bertz CT molecular complexity index is 1010. The van der Waals surface area contributed by atoms with Gasteiger partial charge in [-0.25, -0.2) is 9.78 Å². The van der Waals surface area contributed by atoms with Gasteiger partial charge in [0.25, 0.3) is 5.91 Å². The average molecular weight is 412 g/mol. The van der Waals surface area contributed by atoms with Gasteiger partial charge in [0.15, 0.2) is 0 Å². The number of urea groups is 1. The summed E-state index contributed by atoms with van der Waals surface area (Å²) >= 11 is 3.13. The summed E-state index contributed by atoms with van der Waals surface area (Å²) in [6, 6.07) is 9.51. The summed E-state index contributed by atoms with van der Waals surface area (Å²) in [4.78, 5) is 31.5. The third-order valence-corrected chi connectivity index (χ3v) is 6.69. The molecule has 0 unspecified atom stereocenters. The summed E-state index contributed by atoms with van der Waals surface area (Å²) in [6.07, 6.45) is 0. The highest BCUT2D eigenvalue weighted by Crippen LogP contribution is 2.32. The first-order chi connectivity index (χ1) is 13.4. The molecular weight excluding hydrogens is 390 g/mol. The first-order valence-electron chi connectivity index (χ1n) is 9.10. The van der Waals surface area contributed by atoms with Crippen molar-refractivity contribution in [2.24, 2.45) is 0 Å². The highest BCUT2D eigenvalue weighted by molar-refractivity contribution is 7.14. The Labute approximate surface area is 172 Å². The van der Waals surface area contributed by atoms with Gasteiger partial charge in [0.05, 0.1) is 12.2 Å². The van der Waals surface area contributed by atoms with Crippen LogP contribution in [0, 0.1) is 0 Å². The zero-order chi connectivity index (χ0) is 19.9. The number of hydrogen-bond acceptors (Lipinski definition) is 5. The van der Waals surface area contributed by atoms with Crippen LogP contribution < -0.4 is 5.32 Å². The van der Waals surface area contributed by atoms with Crippen molar-refractivity contribution in [1.29, 1.82) is 0 Å². The van der Waals surface area contributed by atoms with Crippen LogP contribution in [-0.4, -0.2) is 21.8 Å². The number of benzene rings is 1. The molecule has 144 valence electrons. The van der Waals surface area contributed by atoms with Gasteiger partial charge in [0.2, 0.25) is 0 Å². The number of imide groups is 1.